The number of benzene rings is 1. The number of Topliss-reactive ketones (excluding diaryl/α,β-unsaturated/α-hetero) is 1. The van der Waals surface area contributed by atoms with Gasteiger partial charge < -0.3 is 4.74 Å². The van der Waals surface area contributed by atoms with Crippen LogP contribution in [0.1, 0.15) is 83.4 Å². The highest BCUT2D eigenvalue weighted by atomic mass is 16.5. The van der Waals surface area contributed by atoms with Crippen molar-refractivity contribution in [3.8, 4) is 0 Å². The van der Waals surface area contributed by atoms with Crippen LogP contribution in [0.5, 0.6) is 0 Å². The highest BCUT2D eigenvalue weighted by molar-refractivity contribution is 5.97. The van der Waals surface area contributed by atoms with E-state index < -0.39 is 0 Å². The van der Waals surface area contributed by atoms with Crippen molar-refractivity contribution in [1.29, 1.82) is 5.41 Å². The lowest BCUT2D eigenvalue weighted by Crippen LogP contribution is -2.18. The largest absolute Gasteiger partial charge is 0.478 e. The Balaban J connectivity index is 2.94. The first-order valence-electron chi connectivity index (χ1n) is 12.5. The number of carbonyl (C=O) groups is 1. The van der Waals surface area contributed by atoms with Gasteiger partial charge in [-0.1, -0.05) is 50.8 Å². The number of ketones is 1. The minimum absolute atomic E-state index is 0.0396. The summed E-state index contributed by atoms with van der Waals surface area (Å²) in [4.78, 5) is 13.2. The normalized spacial score (nSPS) is 15.6. The Bertz CT molecular complexity index is 1150. The van der Waals surface area contributed by atoms with Crippen LogP contribution < -0.4 is 0 Å². The summed E-state index contributed by atoms with van der Waals surface area (Å²) >= 11 is 0. The standard InChI is InChI=1S/C32H41NO2/c1-10-13-14-26-18-20(4)17-22(6)24(8)30(26)31(29(25(9)34)21(5)11-2)28-16-15-27(19-23(28)7)32(33)35-12-3/h11,15-19,31,33H,2,4,10,12-14H2,1,3,5-9H3/b29-21-,33-32?. The van der Waals surface area contributed by atoms with E-state index >= 15 is 0 Å². The van der Waals surface area contributed by atoms with Crippen LogP contribution in [0.25, 0.3) is 0 Å². The smallest absolute Gasteiger partial charge is 0.213 e. The Labute approximate surface area is 212 Å². The lowest BCUT2D eigenvalue weighted by molar-refractivity contribution is -0.113. The lowest BCUT2D eigenvalue weighted by Gasteiger charge is -2.29. The third kappa shape index (κ3) is 6.48. The van der Waals surface area contributed by atoms with Crippen LogP contribution in [0.15, 0.2) is 88.6 Å². The Morgan fingerprint density at radius 2 is 1.83 bits per heavy atom. The van der Waals surface area contributed by atoms with Gasteiger partial charge in [-0.05, 0) is 111 Å². The van der Waals surface area contributed by atoms with Crippen LogP contribution in [0.4, 0.5) is 0 Å². The SMILES string of the molecule is C=C/C(C)=C(/C(C)=O)C(C1=C(C)C(C)=CC(=C)C=C1CCCC)c1ccc(C(=N)OCC)cc1C. The zero-order valence-corrected chi connectivity index (χ0v) is 22.6. The predicted octanol–water partition coefficient (Wildman–Crippen LogP) is 8.48. The molecule has 3 heteroatoms. The Morgan fingerprint density at radius 3 is 2.37 bits per heavy atom. The summed E-state index contributed by atoms with van der Waals surface area (Å²) in [5.74, 6) is -0.0530. The van der Waals surface area contributed by atoms with Gasteiger partial charge in [-0.2, -0.15) is 0 Å². The molecule has 0 radical (unpaired) electrons. The molecule has 3 nitrogen and oxygen atoms in total. The molecule has 1 aliphatic carbocycles. The van der Waals surface area contributed by atoms with Crippen LogP contribution >= 0.6 is 0 Å². The minimum atomic E-state index is -0.252. The van der Waals surface area contributed by atoms with E-state index in [9.17, 15) is 4.79 Å². The van der Waals surface area contributed by atoms with E-state index in [-0.39, 0.29) is 17.6 Å². The van der Waals surface area contributed by atoms with E-state index in [4.69, 9.17) is 10.1 Å². The average Bonchev–Trinajstić information content (AvgIpc) is 2.91. The zero-order chi connectivity index (χ0) is 26.3. The first-order chi connectivity index (χ1) is 16.6. The van der Waals surface area contributed by atoms with Crippen molar-refractivity contribution >= 4 is 11.7 Å². The number of carbonyl (C=O) groups excluding carboxylic acids is 1. The third-order valence-corrected chi connectivity index (χ3v) is 6.72. The van der Waals surface area contributed by atoms with Gasteiger partial charge in [-0.25, -0.2) is 0 Å². The fourth-order valence-electron chi connectivity index (χ4n) is 4.80. The number of rotatable bonds is 10. The molecule has 186 valence electrons. The van der Waals surface area contributed by atoms with Gasteiger partial charge in [0.1, 0.15) is 0 Å². The van der Waals surface area contributed by atoms with Gasteiger partial charge in [0, 0.05) is 17.1 Å². The van der Waals surface area contributed by atoms with E-state index in [0.717, 1.165) is 58.2 Å². The predicted molar refractivity (Wildman–Crippen MR) is 149 cm³/mol. The second kappa shape index (κ2) is 12.5. The van der Waals surface area contributed by atoms with Crippen molar-refractivity contribution < 1.29 is 9.53 Å². The van der Waals surface area contributed by atoms with Gasteiger partial charge in [0.25, 0.3) is 0 Å². The van der Waals surface area contributed by atoms with Crippen molar-refractivity contribution in [3.05, 3.63) is 105 Å². The molecule has 1 unspecified atom stereocenters. The molecule has 0 amide bonds. The third-order valence-electron chi connectivity index (χ3n) is 6.72. The Hall–Kier alpha value is -3.20. The molecule has 0 aliphatic heterocycles. The molecule has 1 aromatic carbocycles. The maximum atomic E-state index is 13.2. The fourth-order valence-corrected chi connectivity index (χ4v) is 4.80. The molecule has 35 heavy (non-hydrogen) atoms. The van der Waals surface area contributed by atoms with E-state index in [0.29, 0.717) is 6.61 Å². The van der Waals surface area contributed by atoms with Crippen molar-refractivity contribution in [1.82, 2.24) is 0 Å². The monoisotopic (exact) mass is 471 g/mol. The Morgan fingerprint density at radius 1 is 1.14 bits per heavy atom. The van der Waals surface area contributed by atoms with Crippen LogP contribution in [0.2, 0.25) is 0 Å². The second-order valence-electron chi connectivity index (χ2n) is 9.34. The van der Waals surface area contributed by atoms with Gasteiger partial charge in [0.05, 0.1) is 6.61 Å². The number of unbranched alkanes of at least 4 members (excludes halogenated alkanes) is 1. The number of aryl methyl sites for hydroxylation is 1. The molecule has 0 spiro atoms. The summed E-state index contributed by atoms with van der Waals surface area (Å²) in [7, 11) is 0. The summed E-state index contributed by atoms with van der Waals surface area (Å²) in [6, 6.07) is 5.97. The summed E-state index contributed by atoms with van der Waals surface area (Å²) in [5, 5.41) is 8.23. The van der Waals surface area contributed by atoms with Gasteiger partial charge in [0.15, 0.2) is 5.78 Å². The van der Waals surface area contributed by atoms with Crippen molar-refractivity contribution in [3.63, 3.8) is 0 Å². The quantitative estimate of drug-likeness (QED) is 0.161. The summed E-state index contributed by atoms with van der Waals surface area (Å²) in [6.45, 7) is 22.7. The number of hydrogen-bond donors (Lipinski definition) is 1. The molecular formula is C32H41NO2. The Kier molecular flexibility index (Phi) is 10.0. The molecule has 1 aliphatic rings. The van der Waals surface area contributed by atoms with Crippen molar-refractivity contribution in [2.24, 2.45) is 0 Å². The number of hydrogen-bond acceptors (Lipinski definition) is 3. The highest BCUT2D eigenvalue weighted by Gasteiger charge is 2.31. The topological polar surface area (TPSA) is 50.2 Å². The highest BCUT2D eigenvalue weighted by Crippen LogP contribution is 2.45. The van der Waals surface area contributed by atoms with Crippen LogP contribution in [0.3, 0.4) is 0 Å². The maximum Gasteiger partial charge on any atom is 0.213 e. The van der Waals surface area contributed by atoms with Crippen LogP contribution in [-0.2, 0) is 9.53 Å². The molecule has 1 atom stereocenters. The molecule has 0 fully saturated rings. The summed E-state index contributed by atoms with van der Waals surface area (Å²) < 4.78 is 5.43. The van der Waals surface area contributed by atoms with E-state index in [1.54, 1.807) is 13.0 Å². The molecule has 0 saturated heterocycles. The molecule has 2 rings (SSSR count). The maximum absolute atomic E-state index is 13.2. The molecule has 0 aromatic heterocycles. The fraction of sp³-hybridized carbons (Fsp3) is 0.375. The minimum Gasteiger partial charge on any atom is -0.478 e. The molecule has 1 N–H and O–H groups in total. The average molecular weight is 472 g/mol. The molecule has 0 heterocycles. The van der Waals surface area contributed by atoms with Crippen molar-refractivity contribution in [2.45, 2.75) is 73.6 Å². The first kappa shape index (κ1) is 28.0. The van der Waals surface area contributed by atoms with Gasteiger partial charge >= 0.3 is 0 Å². The lowest BCUT2D eigenvalue weighted by atomic mass is 9.73. The molecular weight excluding hydrogens is 430 g/mol. The molecule has 0 saturated carbocycles. The molecule has 0 bridgehead atoms. The van der Waals surface area contributed by atoms with E-state index in [1.807, 2.05) is 26.0 Å². The zero-order valence-electron chi connectivity index (χ0n) is 22.6. The second-order valence-corrected chi connectivity index (χ2v) is 9.34. The van der Waals surface area contributed by atoms with Crippen LogP contribution in [0, 0.1) is 12.3 Å². The summed E-state index contributed by atoms with van der Waals surface area (Å²) in [5.41, 5.74) is 10.2. The van der Waals surface area contributed by atoms with E-state index in [2.05, 4.69) is 59.1 Å². The number of allylic oxidation sites excluding steroid dienone is 10. The molecule has 1 aromatic rings. The first-order valence-corrected chi connectivity index (χ1v) is 12.5. The van der Waals surface area contributed by atoms with Crippen molar-refractivity contribution in [2.75, 3.05) is 6.61 Å². The van der Waals surface area contributed by atoms with Gasteiger partial charge in [-0.15, -0.1) is 0 Å². The van der Waals surface area contributed by atoms with E-state index in [1.165, 1.54) is 16.7 Å². The van der Waals surface area contributed by atoms with Gasteiger partial charge in [-0.3, -0.25) is 10.2 Å². The van der Waals surface area contributed by atoms with Gasteiger partial charge in [0.2, 0.25) is 5.90 Å². The van der Waals surface area contributed by atoms with Crippen LogP contribution in [-0.4, -0.2) is 18.3 Å². The number of nitrogens with one attached hydrogen (secondary N) is 1. The number of ether oxygens (including phenoxy) is 1. The summed E-state index contributed by atoms with van der Waals surface area (Å²) in [6.07, 6.45) is 9.16.